The molecule has 0 aliphatic rings. The van der Waals surface area contributed by atoms with Crippen molar-refractivity contribution in [3.05, 3.63) is 88.0 Å². The molecule has 0 fully saturated rings. The van der Waals surface area contributed by atoms with Crippen molar-refractivity contribution in [1.82, 2.24) is 0 Å². The van der Waals surface area contributed by atoms with E-state index in [0.29, 0.717) is 11.3 Å². The molecule has 6 nitrogen and oxygen atoms in total. The summed E-state index contributed by atoms with van der Waals surface area (Å²) in [6.07, 6.45) is 3.84. The third kappa shape index (κ3) is 7.15. The van der Waals surface area contributed by atoms with Crippen LogP contribution in [0.3, 0.4) is 0 Å². The van der Waals surface area contributed by atoms with Gasteiger partial charge in [0.05, 0.1) is 6.10 Å². The molecule has 0 amide bonds. The van der Waals surface area contributed by atoms with E-state index in [1.54, 1.807) is 12.1 Å². The van der Waals surface area contributed by atoms with Gasteiger partial charge in [0.15, 0.2) is 5.71 Å². The summed E-state index contributed by atoms with van der Waals surface area (Å²) in [5.41, 5.74) is 2.25. The molecule has 2 aromatic rings. The van der Waals surface area contributed by atoms with Gasteiger partial charge in [0.2, 0.25) is 6.54 Å². The molecule has 0 aromatic heterocycles. The molecule has 0 saturated heterocycles. The van der Waals surface area contributed by atoms with Crippen LogP contribution in [0.2, 0.25) is 11.1 Å². The third-order valence-corrected chi connectivity index (χ3v) is 9.36. The number of nitrogens with zero attached hydrogens (tertiary/aromatic N) is 2. The zero-order valence-corrected chi connectivity index (χ0v) is 19.9. The average molecular weight is 441 g/mol. The Hall–Kier alpha value is -2.77. The highest BCUT2D eigenvalue weighted by Gasteiger charge is 2.49. The van der Waals surface area contributed by atoms with Crippen molar-refractivity contribution in [2.45, 2.75) is 51.8 Å². The molecule has 31 heavy (non-hydrogen) atoms. The van der Waals surface area contributed by atoms with Crippen LogP contribution in [-0.2, 0) is 8.95 Å². The summed E-state index contributed by atoms with van der Waals surface area (Å²) in [6.45, 7) is 9.81. The van der Waals surface area contributed by atoms with Gasteiger partial charge in [-0.25, -0.2) is 0 Å². The lowest BCUT2D eigenvalue weighted by molar-refractivity contribution is -0.463. The first-order valence-electron chi connectivity index (χ1n) is 10.6. The number of hydrogen-bond acceptors (Lipinski definition) is 5. The molecule has 0 bridgehead atoms. The first-order valence-corrected chi connectivity index (χ1v) is 12.5. The van der Waals surface area contributed by atoms with Crippen LogP contribution in [0.5, 0.6) is 0 Å². The highest BCUT2D eigenvalue weighted by atomic mass is 28.4. The Morgan fingerprint density at radius 1 is 1.00 bits per heavy atom. The maximum Gasteiger partial charge on any atom is 0.432 e. The van der Waals surface area contributed by atoms with Gasteiger partial charge < -0.3 is 8.95 Å². The fourth-order valence-electron chi connectivity index (χ4n) is 3.36. The largest absolute Gasteiger partial charge is 0.432 e. The Kier molecular flexibility index (Phi) is 9.15. The van der Waals surface area contributed by atoms with Crippen LogP contribution >= 0.6 is 0 Å². The standard InChI is InChI=1S/C24H32N2O4Si/c1-19(2)31(20(3)4,29-21(5)16-17-22-12-8-6-9-13-22)30-25-24(18-26(27)28)23-14-10-7-11-15-23/h6-17,19-21H,18H2,1-5H3/b17-16+,25-24+. The van der Waals surface area contributed by atoms with Crippen LogP contribution in [0.15, 0.2) is 71.9 Å². The molecule has 0 aliphatic heterocycles. The maximum atomic E-state index is 11.2. The van der Waals surface area contributed by atoms with E-state index in [0.717, 1.165) is 5.56 Å². The Balaban J connectivity index is 2.30. The van der Waals surface area contributed by atoms with Crippen molar-refractivity contribution >= 4 is 20.3 Å². The fourth-order valence-corrected chi connectivity index (χ4v) is 6.62. The summed E-state index contributed by atoms with van der Waals surface area (Å²) in [7, 11) is -2.86. The van der Waals surface area contributed by atoms with Crippen LogP contribution < -0.4 is 0 Å². The van der Waals surface area contributed by atoms with Crippen molar-refractivity contribution in [3.63, 3.8) is 0 Å². The minimum Gasteiger partial charge on any atom is -0.420 e. The number of hydrogen-bond donors (Lipinski definition) is 0. The molecule has 0 radical (unpaired) electrons. The van der Waals surface area contributed by atoms with E-state index >= 15 is 0 Å². The molecule has 1 atom stereocenters. The zero-order valence-electron chi connectivity index (χ0n) is 18.9. The van der Waals surface area contributed by atoms with E-state index in [1.165, 1.54) is 0 Å². The predicted molar refractivity (Wildman–Crippen MR) is 128 cm³/mol. The van der Waals surface area contributed by atoms with E-state index in [-0.39, 0.29) is 17.2 Å². The van der Waals surface area contributed by atoms with Crippen molar-refractivity contribution in [2.24, 2.45) is 5.16 Å². The van der Waals surface area contributed by atoms with Gasteiger partial charge in [0, 0.05) is 21.6 Å². The van der Waals surface area contributed by atoms with Crippen molar-refractivity contribution in [3.8, 4) is 0 Å². The molecule has 0 spiro atoms. The summed E-state index contributed by atoms with van der Waals surface area (Å²) >= 11 is 0. The quantitative estimate of drug-likeness (QED) is 0.184. The van der Waals surface area contributed by atoms with E-state index in [2.05, 4.69) is 32.9 Å². The highest BCUT2D eigenvalue weighted by molar-refractivity contribution is 6.70. The van der Waals surface area contributed by atoms with Crippen LogP contribution in [0.1, 0.15) is 45.7 Å². The third-order valence-electron chi connectivity index (χ3n) is 5.02. The average Bonchev–Trinajstić information content (AvgIpc) is 2.74. The monoisotopic (exact) mass is 440 g/mol. The minimum atomic E-state index is -2.86. The summed E-state index contributed by atoms with van der Waals surface area (Å²) in [4.78, 5) is 10.8. The molecule has 0 heterocycles. The Morgan fingerprint density at radius 3 is 2.06 bits per heavy atom. The molecule has 0 saturated carbocycles. The smallest absolute Gasteiger partial charge is 0.420 e. The Morgan fingerprint density at radius 2 is 1.55 bits per heavy atom. The molecule has 7 heteroatoms. The lowest BCUT2D eigenvalue weighted by Gasteiger charge is -2.36. The number of oxime groups is 1. The van der Waals surface area contributed by atoms with E-state index < -0.39 is 20.0 Å². The second-order valence-corrected chi connectivity index (χ2v) is 12.3. The minimum absolute atomic E-state index is 0.0939. The van der Waals surface area contributed by atoms with Gasteiger partial charge in [-0.3, -0.25) is 10.1 Å². The second kappa shape index (κ2) is 11.6. The van der Waals surface area contributed by atoms with Gasteiger partial charge in [0.25, 0.3) is 0 Å². The van der Waals surface area contributed by atoms with Gasteiger partial charge >= 0.3 is 8.56 Å². The molecular weight excluding hydrogens is 408 g/mol. The van der Waals surface area contributed by atoms with E-state index in [9.17, 15) is 10.1 Å². The topological polar surface area (TPSA) is 74.0 Å². The molecule has 0 aliphatic carbocycles. The molecule has 2 aromatic carbocycles. The zero-order chi connectivity index (χ0) is 22.9. The summed E-state index contributed by atoms with van der Waals surface area (Å²) in [6, 6.07) is 19.1. The lowest BCUT2D eigenvalue weighted by atomic mass is 10.1. The molecule has 166 valence electrons. The lowest BCUT2D eigenvalue weighted by Crippen LogP contribution is -2.49. The Bertz CT molecular complexity index is 875. The predicted octanol–water partition coefficient (Wildman–Crippen LogP) is 6.06. The van der Waals surface area contributed by atoms with Crippen LogP contribution in [0, 0.1) is 10.1 Å². The van der Waals surface area contributed by atoms with E-state index in [4.69, 9.17) is 8.95 Å². The van der Waals surface area contributed by atoms with E-state index in [1.807, 2.05) is 67.6 Å². The molecule has 1 unspecified atom stereocenters. The number of benzene rings is 2. The Labute approximate surface area is 186 Å². The molecular formula is C24H32N2O4Si. The molecule has 0 N–H and O–H groups in total. The second-order valence-electron chi connectivity index (χ2n) is 8.11. The summed E-state index contributed by atoms with van der Waals surface area (Å²) < 4.78 is 12.7. The maximum absolute atomic E-state index is 11.2. The number of nitro groups is 1. The normalized spacial score (nSPS) is 13.7. The van der Waals surface area contributed by atoms with Crippen molar-refractivity contribution in [1.29, 1.82) is 0 Å². The highest BCUT2D eigenvalue weighted by Crippen LogP contribution is 2.36. The molecule has 2 rings (SSSR count). The summed E-state index contributed by atoms with van der Waals surface area (Å²) in [5.74, 6) is 0. The summed E-state index contributed by atoms with van der Waals surface area (Å²) in [5, 5.41) is 15.5. The van der Waals surface area contributed by atoms with Gasteiger partial charge in [-0.1, -0.05) is 106 Å². The SMILES string of the molecule is CC(/C=C/c1ccccc1)O[Si](O/N=C(\C[N+](=O)[O-])c1ccccc1)(C(C)C)C(C)C. The first-order chi connectivity index (χ1) is 14.7. The van der Waals surface area contributed by atoms with Crippen LogP contribution in [-0.4, -0.2) is 31.8 Å². The van der Waals surface area contributed by atoms with Crippen molar-refractivity contribution < 1.29 is 13.9 Å². The van der Waals surface area contributed by atoms with Gasteiger partial charge in [-0.15, -0.1) is 0 Å². The van der Waals surface area contributed by atoms with Crippen molar-refractivity contribution in [2.75, 3.05) is 6.54 Å². The fraction of sp³-hybridized carbons (Fsp3) is 0.375. The van der Waals surface area contributed by atoms with Gasteiger partial charge in [0.1, 0.15) is 0 Å². The van der Waals surface area contributed by atoms with Crippen LogP contribution in [0.25, 0.3) is 6.08 Å². The van der Waals surface area contributed by atoms with Gasteiger partial charge in [-0.2, -0.15) is 0 Å². The number of rotatable bonds is 11. The van der Waals surface area contributed by atoms with Gasteiger partial charge in [-0.05, 0) is 12.5 Å². The first kappa shape index (κ1) is 24.5. The van der Waals surface area contributed by atoms with Crippen LogP contribution in [0.4, 0.5) is 0 Å².